The number of aliphatic hydroxyl groups excluding tert-OH is 1. The maximum absolute atomic E-state index is 12.5. The normalized spacial score (nSPS) is 24.4. The lowest BCUT2D eigenvalue weighted by Crippen LogP contribution is -2.40. The molecule has 0 bridgehead atoms. The second-order valence-electron chi connectivity index (χ2n) is 6.33. The van der Waals surface area contributed by atoms with Crippen LogP contribution in [0.15, 0.2) is 11.4 Å². The van der Waals surface area contributed by atoms with E-state index >= 15 is 0 Å². The van der Waals surface area contributed by atoms with Gasteiger partial charge in [-0.1, -0.05) is 12.8 Å². The fourth-order valence-electron chi connectivity index (χ4n) is 3.67. The minimum Gasteiger partial charge on any atom is -0.396 e. The van der Waals surface area contributed by atoms with Crippen LogP contribution in [-0.2, 0) is 11.2 Å². The van der Waals surface area contributed by atoms with Crippen LogP contribution in [0.2, 0.25) is 0 Å². The Morgan fingerprint density at radius 2 is 2.20 bits per heavy atom. The van der Waals surface area contributed by atoms with Crippen molar-refractivity contribution in [2.45, 2.75) is 50.9 Å². The first-order valence-corrected chi connectivity index (χ1v) is 8.57. The van der Waals surface area contributed by atoms with E-state index in [1.807, 2.05) is 0 Å². The van der Waals surface area contributed by atoms with E-state index in [1.54, 1.807) is 11.3 Å². The van der Waals surface area contributed by atoms with Gasteiger partial charge >= 0.3 is 0 Å². The van der Waals surface area contributed by atoms with Gasteiger partial charge in [-0.25, -0.2) is 0 Å². The molecule has 110 valence electrons. The van der Waals surface area contributed by atoms with Crippen molar-refractivity contribution < 1.29 is 9.90 Å². The number of fused-ring (bicyclic) bond motifs is 1. The van der Waals surface area contributed by atoms with Crippen LogP contribution in [0, 0.1) is 5.41 Å². The number of rotatable bonds is 4. The molecule has 3 nitrogen and oxygen atoms in total. The summed E-state index contributed by atoms with van der Waals surface area (Å²) in [5, 5.41) is 14.8. The van der Waals surface area contributed by atoms with Gasteiger partial charge in [-0.15, -0.1) is 11.3 Å². The maximum atomic E-state index is 12.5. The Morgan fingerprint density at radius 1 is 1.40 bits per heavy atom. The first kappa shape index (κ1) is 14.1. The van der Waals surface area contributed by atoms with Crippen LogP contribution in [0.25, 0.3) is 0 Å². The van der Waals surface area contributed by atoms with E-state index in [0.29, 0.717) is 6.54 Å². The van der Waals surface area contributed by atoms with Gasteiger partial charge in [0.15, 0.2) is 0 Å². The number of hydrogen-bond donors (Lipinski definition) is 2. The fraction of sp³-hybridized carbons (Fsp3) is 0.688. The number of aryl methyl sites for hydroxylation is 1. The third kappa shape index (κ3) is 2.63. The van der Waals surface area contributed by atoms with Gasteiger partial charge in [-0.2, -0.15) is 0 Å². The Hall–Kier alpha value is -0.870. The van der Waals surface area contributed by atoms with Gasteiger partial charge in [0, 0.05) is 16.8 Å². The third-order valence-corrected chi connectivity index (χ3v) is 6.00. The van der Waals surface area contributed by atoms with E-state index in [9.17, 15) is 9.90 Å². The Kier molecular flexibility index (Phi) is 4.13. The van der Waals surface area contributed by atoms with Crippen LogP contribution in [0.1, 0.15) is 54.9 Å². The number of nitrogens with one attached hydrogen (secondary N) is 1. The molecule has 20 heavy (non-hydrogen) atoms. The molecule has 1 heterocycles. The van der Waals surface area contributed by atoms with Crippen LogP contribution < -0.4 is 5.32 Å². The fourth-order valence-corrected chi connectivity index (χ4v) is 4.66. The third-order valence-electron chi connectivity index (χ3n) is 5.01. The molecule has 2 aliphatic carbocycles. The summed E-state index contributed by atoms with van der Waals surface area (Å²) < 4.78 is 0. The Bertz CT molecular complexity index is 477. The largest absolute Gasteiger partial charge is 0.396 e. The average molecular weight is 293 g/mol. The summed E-state index contributed by atoms with van der Waals surface area (Å²) in [5.74, 6) is 0.186. The summed E-state index contributed by atoms with van der Waals surface area (Å²) in [5.41, 5.74) is 1.19. The van der Waals surface area contributed by atoms with Gasteiger partial charge in [0.05, 0.1) is 12.5 Å². The molecule has 1 saturated carbocycles. The molecule has 0 aliphatic heterocycles. The summed E-state index contributed by atoms with van der Waals surface area (Å²) in [6.45, 7) is 0.833. The van der Waals surface area contributed by atoms with Gasteiger partial charge in [-0.3, -0.25) is 4.79 Å². The quantitative estimate of drug-likeness (QED) is 0.897. The molecule has 4 heteroatoms. The second-order valence-corrected chi connectivity index (χ2v) is 7.33. The summed E-state index contributed by atoms with van der Waals surface area (Å²) >= 11 is 1.77. The zero-order valence-corrected chi connectivity index (χ0v) is 12.7. The lowest BCUT2D eigenvalue weighted by molar-refractivity contribution is -0.123. The molecule has 1 fully saturated rings. The predicted octanol–water partition coefficient (Wildman–Crippen LogP) is 2.84. The van der Waals surface area contributed by atoms with Crippen molar-refractivity contribution >= 4 is 17.2 Å². The van der Waals surface area contributed by atoms with Crippen molar-refractivity contribution in [3.8, 4) is 0 Å². The highest BCUT2D eigenvalue weighted by atomic mass is 32.1. The highest BCUT2D eigenvalue weighted by Gasteiger charge is 2.35. The van der Waals surface area contributed by atoms with Crippen molar-refractivity contribution in [1.29, 1.82) is 0 Å². The highest BCUT2D eigenvalue weighted by molar-refractivity contribution is 7.10. The van der Waals surface area contributed by atoms with E-state index in [2.05, 4.69) is 16.8 Å². The molecule has 1 aromatic heterocycles. The molecular weight excluding hydrogens is 270 g/mol. The summed E-state index contributed by atoms with van der Waals surface area (Å²) in [7, 11) is 0. The number of amides is 1. The molecule has 2 N–H and O–H groups in total. The zero-order valence-electron chi connectivity index (χ0n) is 11.9. The van der Waals surface area contributed by atoms with E-state index in [0.717, 1.165) is 32.1 Å². The van der Waals surface area contributed by atoms with Gasteiger partial charge in [0.25, 0.3) is 0 Å². The lowest BCUT2D eigenvalue weighted by Gasteiger charge is -2.28. The molecule has 3 rings (SSSR count). The van der Waals surface area contributed by atoms with Crippen molar-refractivity contribution in [2.75, 3.05) is 13.2 Å². The average Bonchev–Trinajstić information content (AvgIpc) is 3.13. The van der Waals surface area contributed by atoms with Crippen molar-refractivity contribution in [3.63, 3.8) is 0 Å². The molecule has 2 aliphatic rings. The Morgan fingerprint density at radius 3 is 2.95 bits per heavy atom. The summed E-state index contributed by atoms with van der Waals surface area (Å²) in [4.78, 5) is 13.9. The smallest absolute Gasteiger partial charge is 0.227 e. The molecule has 1 unspecified atom stereocenters. The van der Waals surface area contributed by atoms with Crippen LogP contribution in [0.3, 0.4) is 0 Å². The number of hydrogen-bond acceptors (Lipinski definition) is 3. The zero-order chi connectivity index (χ0) is 14.0. The van der Waals surface area contributed by atoms with E-state index in [1.165, 1.54) is 23.3 Å². The molecule has 1 amide bonds. The minimum atomic E-state index is -0.0538. The number of carbonyl (C=O) groups is 1. The van der Waals surface area contributed by atoms with Crippen LogP contribution in [-0.4, -0.2) is 24.2 Å². The van der Waals surface area contributed by atoms with Gasteiger partial charge in [-0.05, 0) is 49.1 Å². The Labute approximate surface area is 124 Å². The van der Waals surface area contributed by atoms with E-state index < -0.39 is 0 Å². The Balaban J connectivity index is 1.63. The van der Waals surface area contributed by atoms with Crippen molar-refractivity contribution in [2.24, 2.45) is 5.41 Å². The molecule has 1 aromatic rings. The molecule has 1 atom stereocenters. The van der Waals surface area contributed by atoms with Crippen LogP contribution in [0.4, 0.5) is 0 Å². The number of thiophene rings is 1. The summed E-state index contributed by atoms with van der Waals surface area (Å²) in [6, 6.07) is 2.11. The number of carbonyl (C=O) groups excluding carboxylic acids is 1. The first-order valence-electron chi connectivity index (χ1n) is 7.69. The topological polar surface area (TPSA) is 49.3 Å². The highest BCUT2D eigenvalue weighted by Crippen LogP contribution is 2.38. The van der Waals surface area contributed by atoms with E-state index in [4.69, 9.17) is 0 Å². The lowest BCUT2D eigenvalue weighted by atomic mass is 9.85. The minimum absolute atomic E-state index is 0.0298. The standard InChI is InChI=1S/C16H23NO2S/c18-11-16(7-1-2-8-16)10-17-15(19)13-4-3-5-14-12(13)6-9-20-14/h6,9,13,18H,1-5,7-8,10-11H2,(H,17,19). The van der Waals surface area contributed by atoms with E-state index in [-0.39, 0.29) is 23.8 Å². The monoisotopic (exact) mass is 293 g/mol. The molecule has 0 spiro atoms. The molecule has 0 radical (unpaired) electrons. The maximum Gasteiger partial charge on any atom is 0.227 e. The molecule has 0 saturated heterocycles. The molecular formula is C16H23NO2S. The van der Waals surface area contributed by atoms with Gasteiger partial charge < -0.3 is 10.4 Å². The SMILES string of the molecule is O=C(NCC1(CO)CCCC1)C1CCCc2sccc21. The first-order chi connectivity index (χ1) is 9.74. The van der Waals surface area contributed by atoms with Gasteiger partial charge in [0.2, 0.25) is 5.91 Å². The van der Waals surface area contributed by atoms with Crippen molar-refractivity contribution in [3.05, 3.63) is 21.9 Å². The summed E-state index contributed by atoms with van der Waals surface area (Å²) in [6.07, 6.45) is 7.62. The molecule has 0 aromatic carbocycles. The number of aliphatic hydroxyl groups is 1. The van der Waals surface area contributed by atoms with Crippen LogP contribution >= 0.6 is 11.3 Å². The van der Waals surface area contributed by atoms with Crippen molar-refractivity contribution in [1.82, 2.24) is 5.32 Å². The predicted molar refractivity (Wildman–Crippen MR) is 81.0 cm³/mol. The second kappa shape index (κ2) is 5.86. The van der Waals surface area contributed by atoms with Crippen LogP contribution in [0.5, 0.6) is 0 Å². The van der Waals surface area contributed by atoms with Gasteiger partial charge in [0.1, 0.15) is 0 Å².